The number of carbonyl (C=O) groups is 1. The molecule has 0 saturated heterocycles. The summed E-state index contributed by atoms with van der Waals surface area (Å²) in [5.41, 5.74) is 0.942. The third kappa shape index (κ3) is 1.26. The minimum absolute atomic E-state index is 0.0719. The number of hydrogen-bond donors (Lipinski definition) is 2. The average Bonchev–Trinajstić information content (AvgIpc) is 2.16. The molecule has 0 fully saturated rings. The van der Waals surface area contributed by atoms with Gasteiger partial charge < -0.3 is 10.6 Å². The Bertz CT molecular complexity index is 416. The van der Waals surface area contributed by atoms with Crippen LogP contribution < -0.4 is 10.6 Å². The number of rotatable bonds is 1. The molecule has 1 aliphatic heterocycles. The van der Waals surface area contributed by atoms with Crippen LogP contribution in [0.15, 0.2) is 18.2 Å². The zero-order chi connectivity index (χ0) is 10.1. The van der Waals surface area contributed by atoms with E-state index < -0.39 is 11.0 Å². The molecule has 0 atom stereocenters. The Hall–Kier alpha value is -2.11. The van der Waals surface area contributed by atoms with E-state index in [0.717, 1.165) is 5.56 Å². The summed E-state index contributed by atoms with van der Waals surface area (Å²) in [6.07, 6.45) is 0. The van der Waals surface area contributed by atoms with Gasteiger partial charge in [0.05, 0.1) is 4.92 Å². The van der Waals surface area contributed by atoms with Crippen LogP contribution in [0.1, 0.15) is 5.56 Å². The Morgan fingerprint density at radius 3 is 2.93 bits per heavy atom. The molecule has 0 spiro atoms. The number of nitrogens with zero attached hydrogens (tertiary/aromatic N) is 1. The van der Waals surface area contributed by atoms with Crippen molar-refractivity contribution in [1.29, 1.82) is 0 Å². The third-order valence-corrected chi connectivity index (χ3v) is 2.00. The van der Waals surface area contributed by atoms with Gasteiger partial charge in [-0.1, -0.05) is 12.1 Å². The second kappa shape index (κ2) is 2.99. The highest BCUT2D eigenvalue weighted by atomic mass is 16.6. The Morgan fingerprint density at radius 2 is 2.21 bits per heavy atom. The lowest BCUT2D eigenvalue weighted by Gasteiger charge is -2.17. The van der Waals surface area contributed by atoms with Gasteiger partial charge in [-0.15, -0.1) is 0 Å². The zero-order valence-corrected chi connectivity index (χ0v) is 7.11. The fourth-order valence-electron chi connectivity index (χ4n) is 1.36. The van der Waals surface area contributed by atoms with Gasteiger partial charge in [0, 0.05) is 18.2 Å². The standard InChI is InChI=1S/C8H7N3O3/c12-8-9-4-5-2-1-3-6(11(13)14)7(5)10-8/h1-3H,4H2,(H2,9,10,12). The maximum absolute atomic E-state index is 11.0. The van der Waals surface area contributed by atoms with Crippen LogP contribution in [0, 0.1) is 10.1 Å². The number of nitro groups is 1. The first-order valence-electron chi connectivity index (χ1n) is 3.99. The van der Waals surface area contributed by atoms with Gasteiger partial charge in [-0.25, -0.2) is 4.79 Å². The second-order valence-electron chi connectivity index (χ2n) is 2.88. The van der Waals surface area contributed by atoms with Crippen LogP contribution in [0.25, 0.3) is 0 Å². The number of fused-ring (bicyclic) bond motifs is 1. The van der Waals surface area contributed by atoms with Crippen LogP contribution in [-0.2, 0) is 6.54 Å². The largest absolute Gasteiger partial charge is 0.334 e. The Labute approximate surface area is 79.1 Å². The Balaban J connectivity index is 2.54. The smallest absolute Gasteiger partial charge is 0.319 e. The number of nitrogens with one attached hydrogen (secondary N) is 2. The summed E-state index contributed by atoms with van der Waals surface area (Å²) >= 11 is 0. The predicted octanol–water partition coefficient (Wildman–Crippen LogP) is 1.23. The average molecular weight is 193 g/mol. The molecule has 0 aliphatic carbocycles. The van der Waals surface area contributed by atoms with Crippen LogP contribution in [0.5, 0.6) is 0 Å². The van der Waals surface area contributed by atoms with E-state index >= 15 is 0 Å². The highest BCUT2D eigenvalue weighted by molar-refractivity contribution is 5.95. The van der Waals surface area contributed by atoms with Crippen molar-refractivity contribution >= 4 is 17.4 Å². The summed E-state index contributed by atoms with van der Waals surface area (Å²) in [7, 11) is 0. The van der Waals surface area contributed by atoms with Gasteiger partial charge >= 0.3 is 6.03 Å². The van der Waals surface area contributed by atoms with Crippen molar-refractivity contribution in [2.45, 2.75) is 6.54 Å². The van der Waals surface area contributed by atoms with Gasteiger partial charge in [0.15, 0.2) is 0 Å². The van der Waals surface area contributed by atoms with Crippen LogP contribution >= 0.6 is 0 Å². The van der Waals surface area contributed by atoms with E-state index in [4.69, 9.17) is 0 Å². The molecule has 6 heteroatoms. The monoisotopic (exact) mass is 193 g/mol. The van der Waals surface area contributed by atoms with E-state index in [-0.39, 0.29) is 5.69 Å². The molecule has 72 valence electrons. The number of anilines is 1. The summed E-state index contributed by atoms with van der Waals surface area (Å²) in [5, 5.41) is 15.6. The topological polar surface area (TPSA) is 84.3 Å². The zero-order valence-electron chi connectivity index (χ0n) is 7.11. The quantitative estimate of drug-likeness (QED) is 0.519. The molecule has 2 rings (SSSR count). The molecule has 2 amide bonds. The molecule has 0 radical (unpaired) electrons. The summed E-state index contributed by atoms with van der Waals surface area (Å²) in [6, 6.07) is 4.28. The number of carbonyl (C=O) groups excluding carboxylic acids is 1. The van der Waals surface area contributed by atoms with E-state index in [2.05, 4.69) is 10.6 Å². The van der Waals surface area contributed by atoms with Crippen molar-refractivity contribution in [1.82, 2.24) is 5.32 Å². The molecule has 1 heterocycles. The molecule has 1 aromatic rings. The molecule has 0 bridgehead atoms. The summed E-state index contributed by atoms with van der Waals surface area (Å²) < 4.78 is 0. The SMILES string of the molecule is O=C1NCc2cccc([N+](=O)[O-])c2N1. The Kier molecular flexibility index (Phi) is 1.81. The van der Waals surface area contributed by atoms with Crippen molar-refractivity contribution < 1.29 is 9.72 Å². The minimum Gasteiger partial charge on any atom is -0.334 e. The molecule has 1 aliphatic rings. The van der Waals surface area contributed by atoms with Crippen molar-refractivity contribution in [3.05, 3.63) is 33.9 Å². The molecule has 0 saturated carbocycles. The normalized spacial score (nSPS) is 13.9. The number of benzene rings is 1. The fraction of sp³-hybridized carbons (Fsp3) is 0.125. The lowest BCUT2D eigenvalue weighted by Crippen LogP contribution is -2.33. The lowest BCUT2D eigenvalue weighted by molar-refractivity contribution is -0.384. The number of para-hydroxylation sites is 1. The maximum atomic E-state index is 11.0. The van der Waals surface area contributed by atoms with E-state index in [0.29, 0.717) is 12.2 Å². The molecule has 0 aromatic heterocycles. The third-order valence-electron chi connectivity index (χ3n) is 2.00. The minimum atomic E-state index is -0.509. The number of hydrogen-bond acceptors (Lipinski definition) is 3. The predicted molar refractivity (Wildman–Crippen MR) is 49.0 cm³/mol. The number of amides is 2. The molecule has 1 aromatic carbocycles. The van der Waals surface area contributed by atoms with Gasteiger partial charge in [-0.3, -0.25) is 10.1 Å². The second-order valence-corrected chi connectivity index (χ2v) is 2.88. The van der Waals surface area contributed by atoms with Gasteiger partial charge in [0.2, 0.25) is 0 Å². The van der Waals surface area contributed by atoms with Crippen LogP contribution in [0.2, 0.25) is 0 Å². The fourth-order valence-corrected chi connectivity index (χ4v) is 1.36. The van der Waals surface area contributed by atoms with Crippen LogP contribution in [0.4, 0.5) is 16.2 Å². The van der Waals surface area contributed by atoms with Gasteiger partial charge in [-0.05, 0) is 0 Å². The van der Waals surface area contributed by atoms with Gasteiger partial charge in [0.1, 0.15) is 5.69 Å². The van der Waals surface area contributed by atoms with Crippen LogP contribution in [0.3, 0.4) is 0 Å². The molecular weight excluding hydrogens is 186 g/mol. The van der Waals surface area contributed by atoms with E-state index in [1.54, 1.807) is 12.1 Å². The number of nitro benzene ring substituents is 1. The molecule has 14 heavy (non-hydrogen) atoms. The van der Waals surface area contributed by atoms with Gasteiger partial charge in [0.25, 0.3) is 5.69 Å². The molecular formula is C8H7N3O3. The summed E-state index contributed by atoms with van der Waals surface area (Å²) in [4.78, 5) is 21.1. The van der Waals surface area contributed by atoms with Crippen molar-refractivity contribution in [3.63, 3.8) is 0 Å². The highest BCUT2D eigenvalue weighted by Crippen LogP contribution is 2.29. The molecule has 0 unspecified atom stereocenters. The molecule has 2 N–H and O–H groups in total. The first-order chi connectivity index (χ1) is 6.68. The van der Waals surface area contributed by atoms with E-state index in [1.165, 1.54) is 6.07 Å². The highest BCUT2D eigenvalue weighted by Gasteiger charge is 2.22. The number of urea groups is 1. The van der Waals surface area contributed by atoms with Crippen molar-refractivity contribution in [3.8, 4) is 0 Å². The molecule has 6 nitrogen and oxygen atoms in total. The van der Waals surface area contributed by atoms with Gasteiger partial charge in [-0.2, -0.15) is 0 Å². The first kappa shape index (κ1) is 8.49. The summed E-state index contributed by atoms with van der Waals surface area (Å²) in [5.74, 6) is 0. The van der Waals surface area contributed by atoms with Crippen molar-refractivity contribution in [2.24, 2.45) is 0 Å². The summed E-state index contributed by atoms with van der Waals surface area (Å²) in [6.45, 7) is 0.322. The van der Waals surface area contributed by atoms with Crippen molar-refractivity contribution in [2.75, 3.05) is 5.32 Å². The maximum Gasteiger partial charge on any atom is 0.319 e. The van der Waals surface area contributed by atoms with E-state index in [1.807, 2.05) is 0 Å². The van der Waals surface area contributed by atoms with Crippen LogP contribution in [-0.4, -0.2) is 11.0 Å². The Morgan fingerprint density at radius 1 is 1.43 bits per heavy atom. The van der Waals surface area contributed by atoms with E-state index in [9.17, 15) is 14.9 Å². The first-order valence-corrected chi connectivity index (χ1v) is 3.99. The lowest BCUT2D eigenvalue weighted by atomic mass is 10.1.